The minimum Gasteiger partial charge on any atom is -0.482 e. The quantitative estimate of drug-likeness (QED) is 0.185. The van der Waals surface area contributed by atoms with E-state index < -0.39 is 5.60 Å². The van der Waals surface area contributed by atoms with Crippen LogP contribution in [0.5, 0.6) is 0 Å². The second-order valence-corrected chi connectivity index (χ2v) is 9.76. The van der Waals surface area contributed by atoms with Crippen molar-refractivity contribution in [2.45, 2.75) is 52.0 Å². The molecule has 0 aliphatic rings. The van der Waals surface area contributed by atoms with Crippen LogP contribution in [0.1, 0.15) is 41.5 Å². The summed E-state index contributed by atoms with van der Waals surface area (Å²) in [6, 6.07) is 10.4. The largest absolute Gasteiger partial charge is 0.482 e. The number of carbonyl (C=O) groups is 1. The average Bonchev–Trinajstić information content (AvgIpc) is 2.67. The Morgan fingerprint density at radius 3 is 2.37 bits per heavy atom. The van der Waals surface area contributed by atoms with Crippen LogP contribution in [0.2, 0.25) is 0 Å². The zero-order valence-electron chi connectivity index (χ0n) is 19.1. The molecule has 3 nitrogen and oxygen atoms in total. The Kier molecular flexibility index (Phi) is 11.1. The minimum atomic E-state index is -0.528. The molecule has 0 saturated heterocycles. The molecule has 0 aliphatic heterocycles. The van der Waals surface area contributed by atoms with E-state index in [0.29, 0.717) is 5.76 Å². The maximum atomic E-state index is 12.0. The van der Waals surface area contributed by atoms with Crippen LogP contribution in [-0.2, 0) is 25.2 Å². The minimum absolute atomic E-state index is 0.120. The first-order valence-corrected chi connectivity index (χ1v) is 11.5. The van der Waals surface area contributed by atoms with E-state index in [1.807, 2.05) is 71.9 Å². The summed E-state index contributed by atoms with van der Waals surface area (Å²) in [6.07, 6.45) is 12.2. The summed E-state index contributed by atoms with van der Waals surface area (Å²) in [5.41, 5.74) is 0.400. The van der Waals surface area contributed by atoms with Crippen molar-refractivity contribution in [3.05, 3.63) is 89.6 Å². The maximum absolute atomic E-state index is 12.0. The van der Waals surface area contributed by atoms with Gasteiger partial charge in [-0.2, -0.15) is 0 Å². The second-order valence-electron chi connectivity index (χ2n) is 7.65. The van der Waals surface area contributed by atoms with E-state index in [1.54, 1.807) is 0 Å². The standard InChI is InChI=1S/C26H35O3S/c1-8-10-11-15-18-30(23-16-13-12-14-17-23)22(4)19-21(3)24(9-2)28-20-25(27)29-26(5,6)7/h8-17,19H,4,18,20H2,1-3,5-7H3/q+1/b10-8-,15-11-,21-19-,24-9-. The highest BCUT2D eigenvalue weighted by atomic mass is 32.2. The number of hydrogen-bond donors (Lipinski definition) is 0. The number of ether oxygens (including phenoxy) is 2. The SMILES string of the molecule is C=C(/C=C(C)\C(=C\C)OCC(=O)OC(C)(C)C)[S+](C/C=C\C=C/C)c1ccccc1. The van der Waals surface area contributed by atoms with Gasteiger partial charge in [0.1, 0.15) is 17.1 Å². The Hall–Kier alpha value is -2.46. The fourth-order valence-electron chi connectivity index (χ4n) is 2.60. The summed E-state index contributed by atoms with van der Waals surface area (Å²) >= 11 is 0. The highest BCUT2D eigenvalue weighted by molar-refractivity contribution is 8.00. The third-order valence-electron chi connectivity index (χ3n) is 3.84. The molecular weight excluding hydrogens is 392 g/mol. The van der Waals surface area contributed by atoms with Crippen molar-refractivity contribution in [2.24, 2.45) is 0 Å². The molecule has 0 heterocycles. The Labute approximate surface area is 185 Å². The second kappa shape index (κ2) is 13.0. The van der Waals surface area contributed by atoms with E-state index in [4.69, 9.17) is 9.47 Å². The molecule has 0 aromatic heterocycles. The molecule has 0 fully saturated rings. The first-order valence-electron chi connectivity index (χ1n) is 10.1. The predicted octanol–water partition coefficient (Wildman–Crippen LogP) is 6.52. The van der Waals surface area contributed by atoms with Crippen molar-refractivity contribution in [3.8, 4) is 0 Å². The highest BCUT2D eigenvalue weighted by Crippen LogP contribution is 2.25. The van der Waals surface area contributed by atoms with Gasteiger partial charge in [0, 0.05) is 0 Å². The van der Waals surface area contributed by atoms with Crippen molar-refractivity contribution in [3.63, 3.8) is 0 Å². The van der Waals surface area contributed by atoms with Gasteiger partial charge in [-0.15, -0.1) is 0 Å². The van der Waals surface area contributed by atoms with Crippen molar-refractivity contribution in [2.75, 3.05) is 12.4 Å². The summed E-state index contributed by atoms with van der Waals surface area (Å²) < 4.78 is 11.0. The zero-order chi connectivity index (χ0) is 22.6. The number of benzene rings is 1. The molecule has 30 heavy (non-hydrogen) atoms. The van der Waals surface area contributed by atoms with Gasteiger partial charge in [0.2, 0.25) is 0 Å². The number of esters is 1. The Morgan fingerprint density at radius 1 is 1.13 bits per heavy atom. The fraction of sp³-hybridized carbons (Fsp3) is 0.346. The smallest absolute Gasteiger partial charge is 0.344 e. The molecule has 1 aromatic rings. The van der Waals surface area contributed by atoms with Gasteiger partial charge in [-0.25, -0.2) is 4.79 Å². The van der Waals surface area contributed by atoms with Crippen LogP contribution >= 0.6 is 0 Å². The zero-order valence-corrected chi connectivity index (χ0v) is 19.9. The lowest BCUT2D eigenvalue weighted by atomic mass is 10.2. The lowest BCUT2D eigenvalue weighted by Gasteiger charge is -2.20. The van der Waals surface area contributed by atoms with Crippen LogP contribution in [0, 0.1) is 0 Å². The molecule has 162 valence electrons. The average molecular weight is 428 g/mol. The molecule has 0 N–H and O–H groups in total. The van der Waals surface area contributed by atoms with Gasteiger partial charge in [-0.05, 0) is 84.1 Å². The highest BCUT2D eigenvalue weighted by Gasteiger charge is 2.24. The summed E-state index contributed by atoms with van der Waals surface area (Å²) in [5, 5.41) is 0. The van der Waals surface area contributed by atoms with Crippen molar-refractivity contribution in [1.29, 1.82) is 0 Å². The number of allylic oxidation sites excluding steroid dienone is 6. The number of rotatable bonds is 10. The first-order chi connectivity index (χ1) is 14.2. The maximum Gasteiger partial charge on any atom is 0.344 e. The van der Waals surface area contributed by atoms with Crippen molar-refractivity contribution < 1.29 is 14.3 Å². The molecular formula is C26H35O3S+. The number of carbonyl (C=O) groups excluding carboxylic acids is 1. The normalized spacial score (nSPS) is 14.2. The molecule has 1 aromatic carbocycles. The molecule has 0 amide bonds. The van der Waals surface area contributed by atoms with Crippen LogP contribution in [0.25, 0.3) is 0 Å². The van der Waals surface area contributed by atoms with Gasteiger partial charge in [0.25, 0.3) is 0 Å². The predicted molar refractivity (Wildman–Crippen MR) is 129 cm³/mol. The van der Waals surface area contributed by atoms with Gasteiger partial charge < -0.3 is 9.47 Å². The van der Waals surface area contributed by atoms with Crippen LogP contribution < -0.4 is 0 Å². The molecule has 0 saturated carbocycles. The molecule has 0 bridgehead atoms. The Bertz CT molecular complexity index is 808. The van der Waals surface area contributed by atoms with E-state index >= 15 is 0 Å². The Balaban J connectivity index is 2.93. The lowest BCUT2D eigenvalue weighted by molar-refractivity contribution is -0.158. The van der Waals surface area contributed by atoms with Gasteiger partial charge in [-0.1, -0.05) is 36.4 Å². The Morgan fingerprint density at radius 2 is 1.80 bits per heavy atom. The molecule has 0 aliphatic carbocycles. The van der Waals surface area contributed by atoms with Crippen LogP contribution in [0.4, 0.5) is 0 Å². The summed E-state index contributed by atoms with van der Waals surface area (Å²) in [7, 11) is -0.167. The molecule has 1 rings (SSSR count). The fourth-order valence-corrected chi connectivity index (χ4v) is 4.41. The topological polar surface area (TPSA) is 35.5 Å². The van der Waals surface area contributed by atoms with E-state index in [0.717, 1.165) is 16.2 Å². The monoisotopic (exact) mass is 427 g/mol. The molecule has 1 unspecified atom stereocenters. The van der Waals surface area contributed by atoms with E-state index in [1.165, 1.54) is 4.90 Å². The molecule has 1 atom stereocenters. The summed E-state index contributed by atoms with van der Waals surface area (Å²) in [6.45, 7) is 15.6. The third kappa shape index (κ3) is 9.84. The lowest BCUT2D eigenvalue weighted by Crippen LogP contribution is -2.26. The van der Waals surface area contributed by atoms with E-state index in [9.17, 15) is 4.79 Å². The van der Waals surface area contributed by atoms with Gasteiger partial charge >= 0.3 is 5.97 Å². The van der Waals surface area contributed by atoms with E-state index in [-0.39, 0.29) is 23.5 Å². The summed E-state index contributed by atoms with van der Waals surface area (Å²) in [5.74, 6) is 1.15. The van der Waals surface area contributed by atoms with Crippen molar-refractivity contribution >= 4 is 16.9 Å². The van der Waals surface area contributed by atoms with Gasteiger partial charge in [0.05, 0.1) is 10.9 Å². The van der Waals surface area contributed by atoms with Crippen molar-refractivity contribution in [1.82, 2.24) is 0 Å². The van der Waals surface area contributed by atoms with Crippen LogP contribution in [0.3, 0.4) is 0 Å². The third-order valence-corrected chi connectivity index (χ3v) is 5.96. The van der Waals surface area contributed by atoms with Crippen LogP contribution in [-0.4, -0.2) is 23.9 Å². The summed E-state index contributed by atoms with van der Waals surface area (Å²) in [4.78, 5) is 14.2. The van der Waals surface area contributed by atoms with Gasteiger partial charge in [0.15, 0.2) is 16.4 Å². The van der Waals surface area contributed by atoms with Gasteiger partial charge in [-0.3, -0.25) is 0 Å². The molecule has 4 heteroatoms. The first kappa shape index (κ1) is 25.6. The van der Waals surface area contributed by atoms with Crippen LogP contribution in [0.15, 0.2) is 94.5 Å². The molecule has 0 radical (unpaired) electrons. The van der Waals surface area contributed by atoms with E-state index in [2.05, 4.69) is 43.0 Å². The molecule has 0 spiro atoms. The number of hydrogen-bond acceptors (Lipinski definition) is 3.